The lowest BCUT2D eigenvalue weighted by Crippen LogP contribution is -2.04. The van der Waals surface area contributed by atoms with Gasteiger partial charge < -0.3 is 11.5 Å². The molecule has 3 aromatic rings. The predicted octanol–water partition coefficient (Wildman–Crippen LogP) is 2.11. The molecule has 6 heteroatoms. The van der Waals surface area contributed by atoms with Crippen LogP contribution in [-0.2, 0) is 0 Å². The first-order valence-corrected chi connectivity index (χ1v) is 6.57. The van der Waals surface area contributed by atoms with Gasteiger partial charge in [-0.05, 0) is 54.1 Å². The van der Waals surface area contributed by atoms with Crippen LogP contribution in [0.25, 0.3) is 17.1 Å². The summed E-state index contributed by atoms with van der Waals surface area (Å²) in [6.07, 6.45) is 0. The first kappa shape index (κ1) is 13.1. The summed E-state index contributed by atoms with van der Waals surface area (Å²) < 4.78 is 1.69. The van der Waals surface area contributed by atoms with Crippen molar-refractivity contribution in [1.82, 2.24) is 20.2 Å². The van der Waals surface area contributed by atoms with Crippen molar-refractivity contribution in [2.75, 3.05) is 11.5 Å². The summed E-state index contributed by atoms with van der Waals surface area (Å²) in [6, 6.07) is 11.4. The van der Waals surface area contributed by atoms with Crippen LogP contribution in [-0.4, -0.2) is 20.2 Å². The van der Waals surface area contributed by atoms with E-state index in [2.05, 4.69) is 28.5 Å². The number of nitrogens with two attached hydrogens (primary N) is 2. The Morgan fingerprint density at radius 1 is 1.00 bits per heavy atom. The van der Waals surface area contributed by atoms with Crippen LogP contribution >= 0.6 is 0 Å². The molecular formula is C15H16N6. The zero-order valence-corrected chi connectivity index (χ0v) is 11.9. The fraction of sp³-hybridized carbons (Fsp3) is 0.133. The normalized spacial score (nSPS) is 10.8. The van der Waals surface area contributed by atoms with E-state index >= 15 is 0 Å². The molecule has 0 aliphatic carbocycles. The Labute approximate surface area is 122 Å². The molecular weight excluding hydrogens is 264 g/mol. The molecule has 0 radical (unpaired) electrons. The molecule has 0 bridgehead atoms. The van der Waals surface area contributed by atoms with Gasteiger partial charge in [-0.15, -0.1) is 5.10 Å². The van der Waals surface area contributed by atoms with E-state index in [4.69, 9.17) is 11.5 Å². The van der Waals surface area contributed by atoms with Gasteiger partial charge in [-0.25, -0.2) is 0 Å². The van der Waals surface area contributed by atoms with Crippen LogP contribution in [0.4, 0.5) is 11.4 Å². The summed E-state index contributed by atoms with van der Waals surface area (Å²) in [5, 5.41) is 12.0. The summed E-state index contributed by atoms with van der Waals surface area (Å²) in [4.78, 5) is 0. The second-order valence-corrected chi connectivity index (χ2v) is 5.05. The van der Waals surface area contributed by atoms with Gasteiger partial charge >= 0.3 is 0 Å². The van der Waals surface area contributed by atoms with Crippen molar-refractivity contribution in [2.24, 2.45) is 0 Å². The van der Waals surface area contributed by atoms with Crippen LogP contribution in [0.2, 0.25) is 0 Å². The number of tetrazole rings is 1. The quantitative estimate of drug-likeness (QED) is 0.701. The molecule has 21 heavy (non-hydrogen) atoms. The molecule has 0 amide bonds. The highest BCUT2D eigenvalue weighted by molar-refractivity contribution is 5.75. The number of nitrogens with zero attached hydrogens (tertiary/aromatic N) is 4. The van der Waals surface area contributed by atoms with Crippen LogP contribution in [0.3, 0.4) is 0 Å². The average molecular weight is 280 g/mol. The SMILES string of the molecule is Cc1ccc(-n2nnnc2-c2ccc(N)cc2N)c(C)c1. The van der Waals surface area contributed by atoms with E-state index in [1.807, 2.05) is 25.1 Å². The first-order valence-electron chi connectivity index (χ1n) is 6.57. The van der Waals surface area contributed by atoms with Crippen LogP contribution in [0.15, 0.2) is 36.4 Å². The molecule has 0 aliphatic heterocycles. The maximum absolute atomic E-state index is 6.03. The Kier molecular flexibility index (Phi) is 3.06. The number of benzene rings is 2. The zero-order valence-electron chi connectivity index (χ0n) is 11.9. The lowest BCUT2D eigenvalue weighted by molar-refractivity contribution is 0.787. The largest absolute Gasteiger partial charge is 0.399 e. The molecule has 4 N–H and O–H groups in total. The molecule has 2 aromatic carbocycles. The van der Waals surface area contributed by atoms with E-state index in [0.29, 0.717) is 17.2 Å². The monoisotopic (exact) mass is 280 g/mol. The summed E-state index contributed by atoms with van der Waals surface area (Å²) in [6.45, 7) is 4.08. The van der Waals surface area contributed by atoms with Gasteiger partial charge in [0.15, 0.2) is 5.82 Å². The number of anilines is 2. The summed E-state index contributed by atoms with van der Waals surface area (Å²) >= 11 is 0. The highest BCUT2D eigenvalue weighted by Crippen LogP contribution is 2.28. The summed E-state index contributed by atoms with van der Waals surface area (Å²) in [7, 11) is 0. The highest BCUT2D eigenvalue weighted by Gasteiger charge is 2.14. The molecule has 0 spiro atoms. The molecule has 0 saturated carbocycles. The van der Waals surface area contributed by atoms with Crippen molar-refractivity contribution in [3.05, 3.63) is 47.5 Å². The van der Waals surface area contributed by atoms with Gasteiger partial charge in [0.05, 0.1) is 5.69 Å². The molecule has 1 aromatic heterocycles. The number of aromatic nitrogens is 4. The van der Waals surface area contributed by atoms with Crippen molar-refractivity contribution < 1.29 is 0 Å². The molecule has 1 heterocycles. The zero-order chi connectivity index (χ0) is 15.0. The highest BCUT2D eigenvalue weighted by atomic mass is 15.5. The van der Waals surface area contributed by atoms with Crippen LogP contribution in [0.5, 0.6) is 0 Å². The third-order valence-electron chi connectivity index (χ3n) is 3.37. The standard InChI is InChI=1S/C15H16N6/c1-9-3-6-14(10(2)7-9)21-15(18-19-20-21)12-5-4-11(16)8-13(12)17/h3-8H,16-17H2,1-2H3. The minimum Gasteiger partial charge on any atom is -0.399 e. The van der Waals surface area contributed by atoms with E-state index in [9.17, 15) is 0 Å². The van der Waals surface area contributed by atoms with Gasteiger partial charge in [-0.2, -0.15) is 4.68 Å². The molecule has 106 valence electrons. The van der Waals surface area contributed by atoms with Crippen molar-refractivity contribution in [3.63, 3.8) is 0 Å². The van der Waals surface area contributed by atoms with E-state index in [-0.39, 0.29) is 0 Å². The number of rotatable bonds is 2. The van der Waals surface area contributed by atoms with Gasteiger partial charge in [-0.1, -0.05) is 17.7 Å². The maximum atomic E-state index is 6.03. The summed E-state index contributed by atoms with van der Waals surface area (Å²) in [5.74, 6) is 0.597. The van der Waals surface area contributed by atoms with Crippen molar-refractivity contribution in [1.29, 1.82) is 0 Å². The number of hydrogen-bond acceptors (Lipinski definition) is 5. The average Bonchev–Trinajstić information content (AvgIpc) is 2.87. The fourth-order valence-electron chi connectivity index (χ4n) is 2.35. The Balaban J connectivity index is 2.17. The van der Waals surface area contributed by atoms with Crippen molar-refractivity contribution in [3.8, 4) is 17.1 Å². The molecule has 0 atom stereocenters. The Bertz CT molecular complexity index is 740. The summed E-state index contributed by atoms with van der Waals surface area (Å²) in [5.41, 5.74) is 16.9. The second kappa shape index (κ2) is 4.90. The maximum Gasteiger partial charge on any atom is 0.189 e. The fourth-order valence-corrected chi connectivity index (χ4v) is 2.35. The third kappa shape index (κ3) is 2.31. The van der Waals surface area contributed by atoms with Gasteiger partial charge in [0.2, 0.25) is 0 Å². The first-order chi connectivity index (χ1) is 10.1. The van der Waals surface area contributed by atoms with Gasteiger partial charge in [0.1, 0.15) is 0 Å². The molecule has 6 nitrogen and oxygen atoms in total. The Hall–Kier alpha value is -2.89. The Morgan fingerprint density at radius 3 is 2.52 bits per heavy atom. The van der Waals surface area contributed by atoms with Crippen LogP contribution < -0.4 is 11.5 Å². The third-order valence-corrected chi connectivity index (χ3v) is 3.37. The van der Waals surface area contributed by atoms with E-state index < -0.39 is 0 Å². The lowest BCUT2D eigenvalue weighted by atomic mass is 10.1. The van der Waals surface area contributed by atoms with Gasteiger partial charge in [-0.3, -0.25) is 0 Å². The van der Waals surface area contributed by atoms with Crippen molar-refractivity contribution in [2.45, 2.75) is 13.8 Å². The minimum absolute atomic E-state index is 0.552. The van der Waals surface area contributed by atoms with Gasteiger partial charge in [0, 0.05) is 16.9 Å². The lowest BCUT2D eigenvalue weighted by Gasteiger charge is -2.10. The topological polar surface area (TPSA) is 95.6 Å². The van der Waals surface area contributed by atoms with Crippen molar-refractivity contribution >= 4 is 11.4 Å². The number of nitrogen functional groups attached to an aromatic ring is 2. The molecule has 3 rings (SSSR count). The minimum atomic E-state index is 0.552. The number of aryl methyl sites for hydroxylation is 2. The smallest absolute Gasteiger partial charge is 0.189 e. The predicted molar refractivity (Wildman–Crippen MR) is 82.9 cm³/mol. The van der Waals surface area contributed by atoms with E-state index in [1.54, 1.807) is 16.8 Å². The van der Waals surface area contributed by atoms with Crippen LogP contribution in [0.1, 0.15) is 11.1 Å². The van der Waals surface area contributed by atoms with Crippen LogP contribution in [0, 0.1) is 13.8 Å². The van der Waals surface area contributed by atoms with Gasteiger partial charge in [0.25, 0.3) is 0 Å². The Morgan fingerprint density at radius 2 is 1.81 bits per heavy atom. The molecule has 0 unspecified atom stereocenters. The van der Waals surface area contributed by atoms with E-state index in [1.165, 1.54) is 5.56 Å². The number of hydrogen-bond donors (Lipinski definition) is 2. The molecule has 0 fully saturated rings. The second-order valence-electron chi connectivity index (χ2n) is 5.05. The van der Waals surface area contributed by atoms with E-state index in [0.717, 1.165) is 16.8 Å². The molecule has 0 saturated heterocycles. The molecule has 0 aliphatic rings.